The van der Waals surface area contributed by atoms with Gasteiger partial charge in [-0.3, -0.25) is 5.32 Å². The lowest BCUT2D eigenvalue weighted by Crippen LogP contribution is -2.40. The predicted molar refractivity (Wildman–Crippen MR) is 57.9 cm³/mol. The van der Waals surface area contributed by atoms with E-state index >= 15 is 0 Å². The summed E-state index contributed by atoms with van der Waals surface area (Å²) < 4.78 is 0. The Labute approximate surface area is 85.7 Å². The van der Waals surface area contributed by atoms with E-state index in [1.54, 1.807) is 0 Å². The van der Waals surface area contributed by atoms with Gasteiger partial charge in [-0.05, 0) is 24.8 Å². The molecule has 1 aliphatic rings. The molecule has 75 valence electrons. The summed E-state index contributed by atoms with van der Waals surface area (Å²) >= 11 is 0. The van der Waals surface area contributed by atoms with Crippen LogP contribution in [0.25, 0.3) is 0 Å². The van der Waals surface area contributed by atoms with Gasteiger partial charge in [-0.1, -0.05) is 30.3 Å². The Bertz CT molecular complexity index is 252. The Kier molecular flexibility index (Phi) is 3.55. The molecule has 0 saturated carbocycles. The van der Waals surface area contributed by atoms with Crippen molar-refractivity contribution >= 4 is 0 Å². The summed E-state index contributed by atoms with van der Waals surface area (Å²) in [5.74, 6) is 0. The first-order valence-corrected chi connectivity index (χ1v) is 5.39. The van der Waals surface area contributed by atoms with Gasteiger partial charge in [0.1, 0.15) is 0 Å². The van der Waals surface area contributed by atoms with Gasteiger partial charge in [-0.15, -0.1) is 0 Å². The molecule has 1 aliphatic heterocycles. The van der Waals surface area contributed by atoms with Crippen molar-refractivity contribution in [3.8, 4) is 0 Å². The van der Waals surface area contributed by atoms with E-state index in [1.807, 2.05) is 0 Å². The highest BCUT2D eigenvalue weighted by Gasteiger charge is 2.12. The molecule has 1 atom stereocenters. The number of nitrogens with zero attached hydrogens (tertiary/aromatic N) is 1. The van der Waals surface area contributed by atoms with Gasteiger partial charge in [0, 0.05) is 13.1 Å². The van der Waals surface area contributed by atoms with Gasteiger partial charge in [0.2, 0.25) is 0 Å². The monoisotopic (exact) mass is 189 g/mol. The Morgan fingerprint density at radius 3 is 2.79 bits per heavy atom. The minimum Gasteiger partial charge on any atom is -0.297 e. The van der Waals surface area contributed by atoms with Gasteiger partial charge in [0.15, 0.2) is 0 Å². The number of hydrogen-bond donors (Lipinski definition) is 1. The lowest BCUT2D eigenvalue weighted by Gasteiger charge is -2.22. The van der Waals surface area contributed by atoms with Crippen molar-refractivity contribution in [3.05, 3.63) is 35.9 Å². The van der Waals surface area contributed by atoms with Crippen LogP contribution in [0.2, 0.25) is 0 Å². The number of rotatable bonds is 3. The molecular weight excluding hydrogens is 172 g/mol. The van der Waals surface area contributed by atoms with Crippen LogP contribution in [-0.2, 0) is 6.54 Å². The maximum absolute atomic E-state index is 4.53. The fraction of sp³-hybridized carbons (Fsp3) is 0.500. The second kappa shape index (κ2) is 5.13. The zero-order valence-corrected chi connectivity index (χ0v) is 8.45. The minimum atomic E-state index is 0.393. The summed E-state index contributed by atoms with van der Waals surface area (Å²) in [6.07, 6.45) is 4.18. The van der Waals surface area contributed by atoms with Crippen molar-refractivity contribution in [2.24, 2.45) is 0 Å². The largest absolute Gasteiger partial charge is 0.297 e. The highest BCUT2D eigenvalue weighted by Crippen LogP contribution is 2.07. The third-order valence-electron chi connectivity index (χ3n) is 2.62. The van der Waals surface area contributed by atoms with E-state index in [9.17, 15) is 0 Å². The van der Waals surface area contributed by atoms with Crippen molar-refractivity contribution in [1.82, 2.24) is 10.6 Å². The Balaban J connectivity index is 1.76. The number of piperidine rings is 1. The quantitative estimate of drug-likeness (QED) is 0.772. The van der Waals surface area contributed by atoms with Crippen LogP contribution < -0.4 is 10.6 Å². The van der Waals surface area contributed by atoms with Crippen molar-refractivity contribution in [2.75, 3.05) is 6.54 Å². The number of hydrogen-bond acceptors (Lipinski definition) is 1. The Morgan fingerprint density at radius 1 is 1.21 bits per heavy atom. The molecule has 2 rings (SSSR count). The van der Waals surface area contributed by atoms with E-state index in [4.69, 9.17) is 0 Å². The highest BCUT2D eigenvalue weighted by atomic mass is 15.1. The predicted octanol–water partition coefficient (Wildman–Crippen LogP) is 1.89. The van der Waals surface area contributed by atoms with Crippen LogP contribution in [0.3, 0.4) is 0 Å². The second-order valence-electron chi connectivity index (χ2n) is 3.78. The summed E-state index contributed by atoms with van der Waals surface area (Å²) in [5, 5.41) is 8.00. The molecule has 1 radical (unpaired) electrons. The first kappa shape index (κ1) is 9.69. The SMILES string of the molecule is c1ccc(CNC2CCCC[N]2)cc1. The molecule has 14 heavy (non-hydrogen) atoms. The maximum Gasteiger partial charge on any atom is 0.0738 e. The summed E-state index contributed by atoms with van der Waals surface area (Å²) in [6.45, 7) is 1.97. The molecule has 2 heteroatoms. The van der Waals surface area contributed by atoms with Crippen LogP contribution in [-0.4, -0.2) is 12.7 Å². The lowest BCUT2D eigenvalue weighted by molar-refractivity contribution is 0.335. The molecule has 1 saturated heterocycles. The summed E-state index contributed by atoms with van der Waals surface area (Å²) in [5.41, 5.74) is 1.34. The summed E-state index contributed by atoms with van der Waals surface area (Å²) in [4.78, 5) is 0. The van der Waals surface area contributed by atoms with E-state index in [0.29, 0.717) is 6.17 Å². The van der Waals surface area contributed by atoms with Crippen molar-refractivity contribution in [3.63, 3.8) is 0 Å². The minimum absolute atomic E-state index is 0.393. The molecule has 0 bridgehead atoms. The van der Waals surface area contributed by atoms with Gasteiger partial charge >= 0.3 is 0 Å². The number of benzene rings is 1. The Hall–Kier alpha value is -0.860. The standard InChI is InChI=1S/C12H17N2/c1-2-6-11(7-3-1)10-14-12-8-4-5-9-13-12/h1-3,6-7,12,14H,4-5,8-10H2. The average Bonchev–Trinajstić information content (AvgIpc) is 2.29. The molecular formula is C12H17N2. The maximum atomic E-state index is 4.53. The van der Waals surface area contributed by atoms with Gasteiger partial charge in [-0.2, -0.15) is 0 Å². The molecule has 1 aromatic rings. The molecule has 1 unspecified atom stereocenters. The fourth-order valence-electron chi connectivity index (χ4n) is 1.79. The number of nitrogens with one attached hydrogen (secondary N) is 1. The van der Waals surface area contributed by atoms with Crippen LogP contribution in [0.15, 0.2) is 30.3 Å². The van der Waals surface area contributed by atoms with Crippen LogP contribution in [0.1, 0.15) is 24.8 Å². The van der Waals surface area contributed by atoms with Crippen LogP contribution in [0.4, 0.5) is 0 Å². The zero-order valence-electron chi connectivity index (χ0n) is 8.45. The molecule has 0 spiro atoms. The van der Waals surface area contributed by atoms with Gasteiger partial charge in [0.25, 0.3) is 0 Å². The van der Waals surface area contributed by atoms with Crippen LogP contribution in [0.5, 0.6) is 0 Å². The molecule has 1 aromatic carbocycles. The summed E-state index contributed by atoms with van der Waals surface area (Å²) in [6, 6.07) is 10.5. The zero-order chi connectivity index (χ0) is 9.64. The normalized spacial score (nSPS) is 22.1. The van der Waals surface area contributed by atoms with Gasteiger partial charge < -0.3 is 0 Å². The molecule has 2 nitrogen and oxygen atoms in total. The van der Waals surface area contributed by atoms with Gasteiger partial charge in [-0.25, -0.2) is 5.32 Å². The van der Waals surface area contributed by atoms with Crippen molar-refractivity contribution in [2.45, 2.75) is 32.0 Å². The molecule has 1 heterocycles. The highest BCUT2D eigenvalue weighted by molar-refractivity contribution is 5.14. The lowest BCUT2D eigenvalue weighted by atomic mass is 10.1. The third kappa shape index (κ3) is 2.82. The van der Waals surface area contributed by atoms with Crippen molar-refractivity contribution in [1.29, 1.82) is 0 Å². The third-order valence-corrected chi connectivity index (χ3v) is 2.62. The molecule has 1 fully saturated rings. The molecule has 0 amide bonds. The smallest absolute Gasteiger partial charge is 0.0738 e. The van der Waals surface area contributed by atoms with E-state index in [2.05, 4.69) is 41.0 Å². The average molecular weight is 189 g/mol. The molecule has 1 N–H and O–H groups in total. The van der Waals surface area contributed by atoms with E-state index in [-0.39, 0.29) is 0 Å². The van der Waals surface area contributed by atoms with E-state index < -0.39 is 0 Å². The Morgan fingerprint density at radius 2 is 2.07 bits per heavy atom. The topological polar surface area (TPSA) is 26.1 Å². The van der Waals surface area contributed by atoms with E-state index in [0.717, 1.165) is 13.1 Å². The van der Waals surface area contributed by atoms with Crippen molar-refractivity contribution < 1.29 is 0 Å². The van der Waals surface area contributed by atoms with Crippen LogP contribution in [0, 0.1) is 0 Å². The van der Waals surface area contributed by atoms with E-state index in [1.165, 1.54) is 24.8 Å². The first-order chi connectivity index (χ1) is 6.95. The molecule has 0 aliphatic carbocycles. The summed E-state index contributed by atoms with van der Waals surface area (Å²) in [7, 11) is 0. The second-order valence-corrected chi connectivity index (χ2v) is 3.78. The van der Waals surface area contributed by atoms with Crippen LogP contribution >= 0.6 is 0 Å². The fourth-order valence-corrected chi connectivity index (χ4v) is 1.79. The molecule has 0 aromatic heterocycles. The van der Waals surface area contributed by atoms with Gasteiger partial charge in [0.05, 0.1) is 6.17 Å². The first-order valence-electron chi connectivity index (χ1n) is 5.39.